The van der Waals surface area contributed by atoms with Crippen LogP contribution in [0.4, 0.5) is 0 Å². The van der Waals surface area contributed by atoms with Crippen molar-refractivity contribution in [1.29, 1.82) is 0 Å². The van der Waals surface area contributed by atoms with Gasteiger partial charge in [0.25, 0.3) is 5.91 Å². The average Bonchev–Trinajstić information content (AvgIpc) is 3.57. The largest absolute Gasteiger partial charge is 0.497 e. The maximum Gasteiger partial charge on any atom is 0.252 e. The molecule has 8 nitrogen and oxygen atoms in total. The van der Waals surface area contributed by atoms with E-state index in [9.17, 15) is 4.79 Å². The van der Waals surface area contributed by atoms with Gasteiger partial charge in [0.1, 0.15) is 17.6 Å². The Kier molecular flexibility index (Phi) is 6.32. The van der Waals surface area contributed by atoms with E-state index in [4.69, 9.17) is 9.15 Å². The molecule has 0 saturated heterocycles. The van der Waals surface area contributed by atoms with E-state index in [1.807, 2.05) is 73.3 Å². The topological polar surface area (TPSA) is 95.1 Å². The third-order valence-electron chi connectivity index (χ3n) is 5.90. The quantitative estimate of drug-likeness (QED) is 0.354. The highest BCUT2D eigenvalue weighted by Crippen LogP contribution is 2.26. The molecule has 8 heteroatoms. The highest BCUT2D eigenvalue weighted by molar-refractivity contribution is 5.95. The maximum absolute atomic E-state index is 13.2. The van der Waals surface area contributed by atoms with Gasteiger partial charge in [-0.2, -0.15) is 0 Å². The molecule has 0 bridgehead atoms. The smallest absolute Gasteiger partial charge is 0.252 e. The van der Waals surface area contributed by atoms with Crippen molar-refractivity contribution in [1.82, 2.24) is 25.1 Å². The first-order valence-electron chi connectivity index (χ1n) is 11.4. The Balaban J connectivity index is 1.37. The predicted molar refractivity (Wildman–Crippen MR) is 135 cm³/mol. The Labute approximate surface area is 208 Å². The number of nitrogens with one attached hydrogen (secondary N) is 1. The van der Waals surface area contributed by atoms with Gasteiger partial charge in [-0.05, 0) is 61.0 Å². The summed E-state index contributed by atoms with van der Waals surface area (Å²) in [5.74, 6) is 2.02. The standard InChI is InChI=1S/C28H25N5O3/c1-18-6-4-8-22(16-18)28-32-31-27(36-28)20-12-10-19(11-13-20)26(34)30-24(25-29-14-15-33(25)2)21-7-5-9-23(17-21)35-3/h4-17,24H,1-3H3,(H,30,34). The zero-order chi connectivity index (χ0) is 25.1. The molecule has 1 N–H and O–H groups in total. The second-order valence-electron chi connectivity index (χ2n) is 8.44. The first-order valence-corrected chi connectivity index (χ1v) is 11.4. The summed E-state index contributed by atoms with van der Waals surface area (Å²) in [6.45, 7) is 2.01. The third-order valence-corrected chi connectivity index (χ3v) is 5.90. The monoisotopic (exact) mass is 479 g/mol. The molecule has 36 heavy (non-hydrogen) atoms. The number of ether oxygens (including phenoxy) is 1. The minimum absolute atomic E-state index is 0.233. The van der Waals surface area contributed by atoms with E-state index in [0.717, 1.165) is 22.3 Å². The molecular formula is C28H25N5O3. The number of aromatic nitrogens is 4. The molecule has 5 aromatic rings. The highest BCUT2D eigenvalue weighted by atomic mass is 16.5. The number of carbonyl (C=O) groups is 1. The molecule has 3 aromatic carbocycles. The van der Waals surface area contributed by atoms with E-state index >= 15 is 0 Å². The summed E-state index contributed by atoms with van der Waals surface area (Å²) in [7, 11) is 3.51. The zero-order valence-electron chi connectivity index (χ0n) is 20.2. The summed E-state index contributed by atoms with van der Waals surface area (Å²) in [4.78, 5) is 17.7. The molecule has 1 amide bonds. The molecule has 0 saturated carbocycles. The maximum atomic E-state index is 13.2. The highest BCUT2D eigenvalue weighted by Gasteiger charge is 2.22. The Morgan fingerprint density at radius 3 is 2.42 bits per heavy atom. The average molecular weight is 480 g/mol. The lowest BCUT2D eigenvalue weighted by molar-refractivity contribution is 0.0941. The summed E-state index contributed by atoms with van der Waals surface area (Å²) >= 11 is 0. The molecule has 0 fully saturated rings. The molecule has 0 aliphatic carbocycles. The lowest BCUT2D eigenvalue weighted by Gasteiger charge is -2.20. The fourth-order valence-corrected chi connectivity index (χ4v) is 3.99. The van der Waals surface area contributed by atoms with E-state index in [1.54, 1.807) is 37.6 Å². The van der Waals surface area contributed by atoms with Crippen molar-refractivity contribution >= 4 is 5.91 Å². The Morgan fingerprint density at radius 2 is 1.72 bits per heavy atom. The van der Waals surface area contributed by atoms with Crippen molar-refractivity contribution in [3.8, 4) is 28.7 Å². The Bertz CT molecular complexity index is 1500. The Morgan fingerprint density at radius 1 is 0.972 bits per heavy atom. The van der Waals surface area contributed by atoms with E-state index in [2.05, 4.69) is 20.5 Å². The lowest BCUT2D eigenvalue weighted by atomic mass is 10.0. The van der Waals surface area contributed by atoms with E-state index in [0.29, 0.717) is 28.9 Å². The molecule has 2 aromatic heterocycles. The molecule has 0 radical (unpaired) electrons. The van der Waals surface area contributed by atoms with Crippen LogP contribution in [0.25, 0.3) is 22.9 Å². The molecule has 0 aliphatic heterocycles. The van der Waals surface area contributed by atoms with Crippen LogP contribution >= 0.6 is 0 Å². The minimum Gasteiger partial charge on any atom is -0.497 e. The molecule has 2 heterocycles. The number of rotatable bonds is 7. The van der Waals surface area contributed by atoms with Gasteiger partial charge in [0, 0.05) is 36.1 Å². The van der Waals surface area contributed by atoms with Crippen LogP contribution in [-0.4, -0.2) is 32.8 Å². The van der Waals surface area contributed by atoms with Gasteiger partial charge >= 0.3 is 0 Å². The number of amides is 1. The van der Waals surface area contributed by atoms with Crippen LogP contribution in [0.1, 0.15) is 33.4 Å². The molecule has 180 valence electrons. The second-order valence-corrected chi connectivity index (χ2v) is 8.44. The van der Waals surface area contributed by atoms with Crippen molar-refractivity contribution < 1.29 is 13.9 Å². The van der Waals surface area contributed by atoms with Crippen molar-refractivity contribution in [2.75, 3.05) is 7.11 Å². The molecule has 5 rings (SSSR count). The van der Waals surface area contributed by atoms with Gasteiger partial charge in [0.2, 0.25) is 11.8 Å². The lowest BCUT2D eigenvalue weighted by Crippen LogP contribution is -2.31. The summed E-state index contributed by atoms with van der Waals surface area (Å²) in [5.41, 5.74) is 4.07. The minimum atomic E-state index is -0.458. The van der Waals surface area contributed by atoms with Crippen molar-refractivity contribution in [3.05, 3.63) is 108 Å². The number of imidazole rings is 1. The molecular weight excluding hydrogens is 454 g/mol. The molecule has 0 aliphatic rings. The van der Waals surface area contributed by atoms with Crippen molar-refractivity contribution in [2.24, 2.45) is 7.05 Å². The zero-order valence-corrected chi connectivity index (χ0v) is 20.2. The van der Waals surface area contributed by atoms with Crippen LogP contribution in [0, 0.1) is 6.92 Å². The second kappa shape index (κ2) is 9.87. The van der Waals surface area contributed by atoms with Gasteiger partial charge in [0.15, 0.2) is 0 Å². The summed E-state index contributed by atoms with van der Waals surface area (Å²) in [6, 6.07) is 22.1. The van der Waals surface area contributed by atoms with Gasteiger partial charge in [-0.1, -0.05) is 29.8 Å². The third kappa shape index (κ3) is 4.74. The number of aryl methyl sites for hydroxylation is 2. The van der Waals surface area contributed by atoms with Gasteiger partial charge in [-0.25, -0.2) is 4.98 Å². The van der Waals surface area contributed by atoms with Crippen molar-refractivity contribution in [3.63, 3.8) is 0 Å². The van der Waals surface area contributed by atoms with Crippen LogP contribution in [0.5, 0.6) is 5.75 Å². The summed E-state index contributed by atoms with van der Waals surface area (Å²) in [6.07, 6.45) is 3.55. The number of carbonyl (C=O) groups excluding carboxylic acids is 1. The van der Waals surface area contributed by atoms with E-state index < -0.39 is 6.04 Å². The number of hydrogen-bond acceptors (Lipinski definition) is 6. The predicted octanol–water partition coefficient (Wildman–Crippen LogP) is 4.97. The molecule has 1 atom stereocenters. The van der Waals surface area contributed by atoms with Gasteiger partial charge in [-0.3, -0.25) is 4.79 Å². The summed E-state index contributed by atoms with van der Waals surface area (Å²) < 4.78 is 13.1. The van der Waals surface area contributed by atoms with Crippen LogP contribution in [0.2, 0.25) is 0 Å². The first-order chi connectivity index (χ1) is 17.5. The molecule has 1 unspecified atom stereocenters. The molecule has 0 spiro atoms. The fourth-order valence-electron chi connectivity index (χ4n) is 3.99. The summed E-state index contributed by atoms with van der Waals surface area (Å²) in [5, 5.41) is 11.4. The van der Waals surface area contributed by atoms with Crippen LogP contribution in [-0.2, 0) is 7.05 Å². The first kappa shape index (κ1) is 23.0. The number of hydrogen-bond donors (Lipinski definition) is 1. The van der Waals surface area contributed by atoms with Crippen LogP contribution in [0.15, 0.2) is 89.6 Å². The van der Waals surface area contributed by atoms with Crippen LogP contribution < -0.4 is 10.1 Å². The SMILES string of the molecule is COc1cccc(C(NC(=O)c2ccc(-c3nnc(-c4cccc(C)c4)o3)cc2)c2nccn2C)c1. The van der Waals surface area contributed by atoms with Gasteiger partial charge < -0.3 is 19.0 Å². The van der Waals surface area contributed by atoms with Crippen molar-refractivity contribution in [2.45, 2.75) is 13.0 Å². The number of benzene rings is 3. The number of nitrogens with zero attached hydrogens (tertiary/aromatic N) is 4. The normalized spacial score (nSPS) is 11.8. The van der Waals surface area contributed by atoms with Gasteiger partial charge in [0.05, 0.1) is 7.11 Å². The Hall–Kier alpha value is -4.72. The van der Waals surface area contributed by atoms with E-state index in [-0.39, 0.29) is 5.91 Å². The van der Waals surface area contributed by atoms with Crippen LogP contribution in [0.3, 0.4) is 0 Å². The van der Waals surface area contributed by atoms with E-state index in [1.165, 1.54) is 0 Å². The fraction of sp³-hybridized carbons (Fsp3) is 0.143. The number of methoxy groups -OCH3 is 1. The van der Waals surface area contributed by atoms with Gasteiger partial charge in [-0.15, -0.1) is 10.2 Å².